The van der Waals surface area contributed by atoms with Crippen LogP contribution in [0.4, 0.5) is 0 Å². The minimum atomic E-state index is -1.82. The Labute approximate surface area is 157 Å². The predicted octanol–water partition coefficient (Wildman–Crippen LogP) is 0.767. The summed E-state index contributed by atoms with van der Waals surface area (Å²) in [6, 6.07) is 7.83. The van der Waals surface area contributed by atoms with E-state index in [1.165, 1.54) is 0 Å². The number of carboxylic acids is 2. The number of rotatable bonds is 9. The summed E-state index contributed by atoms with van der Waals surface area (Å²) in [5.74, 6) is -2.85. The highest BCUT2D eigenvalue weighted by atomic mass is 16.5. The third-order valence-electron chi connectivity index (χ3n) is 3.32. The van der Waals surface area contributed by atoms with Crippen molar-refractivity contribution in [2.45, 2.75) is 26.0 Å². The molecule has 9 heteroatoms. The average Bonchev–Trinajstić information content (AvgIpc) is 3.13. The molecular formula is C18H25N3O6. The first-order valence-corrected chi connectivity index (χ1v) is 8.38. The van der Waals surface area contributed by atoms with Gasteiger partial charge in [0.2, 0.25) is 0 Å². The van der Waals surface area contributed by atoms with Crippen molar-refractivity contribution in [3.8, 4) is 5.75 Å². The van der Waals surface area contributed by atoms with E-state index in [4.69, 9.17) is 24.5 Å². The van der Waals surface area contributed by atoms with Crippen LogP contribution in [0.15, 0.2) is 43.0 Å². The summed E-state index contributed by atoms with van der Waals surface area (Å²) >= 11 is 0. The lowest BCUT2D eigenvalue weighted by Crippen LogP contribution is -2.32. The van der Waals surface area contributed by atoms with Gasteiger partial charge in [-0.3, -0.25) is 0 Å². The van der Waals surface area contributed by atoms with E-state index < -0.39 is 18.0 Å². The van der Waals surface area contributed by atoms with Gasteiger partial charge in [-0.25, -0.2) is 14.6 Å². The zero-order valence-electron chi connectivity index (χ0n) is 15.1. The van der Waals surface area contributed by atoms with Gasteiger partial charge in [0.05, 0.1) is 6.33 Å². The smallest absolute Gasteiger partial charge is 0.414 e. The lowest BCUT2D eigenvalue weighted by atomic mass is 10.2. The average molecular weight is 379 g/mol. The third-order valence-corrected chi connectivity index (χ3v) is 3.32. The summed E-state index contributed by atoms with van der Waals surface area (Å²) in [6.45, 7) is 4.65. The van der Waals surface area contributed by atoms with Crippen LogP contribution in [0, 0.1) is 6.92 Å². The van der Waals surface area contributed by atoms with E-state index in [2.05, 4.69) is 10.3 Å². The number of aromatic nitrogens is 2. The van der Waals surface area contributed by atoms with Gasteiger partial charge in [0.25, 0.3) is 0 Å². The second-order valence-corrected chi connectivity index (χ2v) is 5.75. The van der Waals surface area contributed by atoms with Gasteiger partial charge >= 0.3 is 11.9 Å². The van der Waals surface area contributed by atoms with Crippen LogP contribution in [-0.4, -0.2) is 62.6 Å². The topological polar surface area (TPSA) is 134 Å². The van der Waals surface area contributed by atoms with Crippen molar-refractivity contribution in [2.24, 2.45) is 0 Å². The molecule has 0 bridgehead atoms. The van der Waals surface area contributed by atoms with Gasteiger partial charge in [0, 0.05) is 25.5 Å². The summed E-state index contributed by atoms with van der Waals surface area (Å²) in [5.41, 5.74) is 1.15. The molecule has 1 aromatic heterocycles. The van der Waals surface area contributed by atoms with E-state index in [9.17, 15) is 5.11 Å². The maximum atomic E-state index is 9.86. The van der Waals surface area contributed by atoms with Gasteiger partial charge in [-0.1, -0.05) is 12.1 Å². The fraction of sp³-hybridized carbons (Fsp3) is 0.389. The summed E-state index contributed by atoms with van der Waals surface area (Å²) in [6.07, 6.45) is 6.04. The molecule has 0 radical (unpaired) electrons. The Morgan fingerprint density at radius 2 is 2.04 bits per heavy atom. The Kier molecular flexibility index (Phi) is 10.2. The Balaban J connectivity index is 0.000000527. The molecule has 4 N–H and O–H groups in total. The predicted molar refractivity (Wildman–Crippen MR) is 97.7 cm³/mol. The third kappa shape index (κ3) is 10.6. The Morgan fingerprint density at radius 1 is 1.30 bits per heavy atom. The van der Waals surface area contributed by atoms with Gasteiger partial charge in [-0.2, -0.15) is 0 Å². The number of hydrogen-bond acceptors (Lipinski definition) is 6. The van der Waals surface area contributed by atoms with Gasteiger partial charge in [-0.15, -0.1) is 0 Å². The molecule has 148 valence electrons. The normalized spacial score (nSPS) is 11.2. The van der Waals surface area contributed by atoms with Gasteiger partial charge in [-0.05, 0) is 37.6 Å². The molecule has 2 aromatic rings. The Morgan fingerprint density at radius 3 is 2.63 bits per heavy atom. The van der Waals surface area contributed by atoms with Crippen LogP contribution < -0.4 is 10.1 Å². The fourth-order valence-electron chi connectivity index (χ4n) is 2.03. The van der Waals surface area contributed by atoms with Gasteiger partial charge < -0.3 is 29.9 Å². The van der Waals surface area contributed by atoms with Crippen molar-refractivity contribution >= 4 is 11.9 Å². The zero-order chi connectivity index (χ0) is 20.1. The standard InChI is InChI=1S/C16H23N3O2.C2H2O4/c1-14-4-2-5-16(10-14)21-12-15(20)11-17-6-3-8-19-9-7-18-13-19;3-1(4)2(5)6/h2,4-5,7,9-10,13,15,17,20H,3,6,8,11-12H2,1H3;(H,3,4)(H,5,6). The van der Waals surface area contributed by atoms with Gasteiger partial charge in [0.1, 0.15) is 18.5 Å². The van der Waals surface area contributed by atoms with Crippen molar-refractivity contribution in [3.05, 3.63) is 48.5 Å². The number of benzene rings is 1. The molecule has 1 unspecified atom stereocenters. The molecule has 1 aromatic carbocycles. The van der Waals surface area contributed by atoms with Crippen molar-refractivity contribution < 1.29 is 29.6 Å². The number of hydrogen-bond donors (Lipinski definition) is 4. The SMILES string of the molecule is Cc1cccc(OCC(O)CNCCCn2ccnc2)c1.O=C(O)C(=O)O. The van der Waals surface area contributed by atoms with Crippen molar-refractivity contribution in [2.75, 3.05) is 19.7 Å². The maximum Gasteiger partial charge on any atom is 0.414 e. The molecule has 0 spiro atoms. The highest BCUT2D eigenvalue weighted by Crippen LogP contribution is 2.12. The van der Waals surface area contributed by atoms with Crippen LogP contribution in [0.25, 0.3) is 0 Å². The van der Waals surface area contributed by atoms with E-state index in [1.807, 2.05) is 48.3 Å². The summed E-state index contributed by atoms with van der Waals surface area (Å²) in [7, 11) is 0. The van der Waals surface area contributed by atoms with E-state index in [0.717, 1.165) is 30.8 Å². The van der Waals surface area contributed by atoms with E-state index in [0.29, 0.717) is 13.2 Å². The number of aliphatic hydroxyl groups excluding tert-OH is 1. The first-order valence-electron chi connectivity index (χ1n) is 8.38. The molecule has 0 amide bonds. The number of ether oxygens (including phenoxy) is 1. The lowest BCUT2D eigenvalue weighted by molar-refractivity contribution is -0.159. The minimum Gasteiger partial charge on any atom is -0.491 e. The summed E-state index contributed by atoms with van der Waals surface area (Å²) in [4.78, 5) is 22.2. The molecule has 27 heavy (non-hydrogen) atoms. The van der Waals surface area contributed by atoms with Crippen molar-refractivity contribution in [3.63, 3.8) is 0 Å². The zero-order valence-corrected chi connectivity index (χ0v) is 15.1. The monoisotopic (exact) mass is 379 g/mol. The van der Waals surface area contributed by atoms with Crippen LogP contribution in [0.1, 0.15) is 12.0 Å². The number of nitrogens with zero attached hydrogens (tertiary/aromatic N) is 2. The highest BCUT2D eigenvalue weighted by Gasteiger charge is 2.05. The first kappa shape index (κ1) is 22.1. The lowest BCUT2D eigenvalue weighted by Gasteiger charge is -2.13. The largest absolute Gasteiger partial charge is 0.491 e. The number of aliphatic carboxylic acids is 2. The molecule has 0 saturated carbocycles. The number of carbonyl (C=O) groups is 2. The van der Waals surface area contributed by atoms with Crippen LogP contribution in [0.2, 0.25) is 0 Å². The van der Waals surface area contributed by atoms with Crippen LogP contribution in [-0.2, 0) is 16.1 Å². The summed E-state index contributed by atoms with van der Waals surface area (Å²) < 4.78 is 7.60. The molecular weight excluding hydrogens is 354 g/mol. The minimum absolute atomic E-state index is 0.304. The second kappa shape index (κ2) is 12.4. The Hall–Kier alpha value is -2.91. The van der Waals surface area contributed by atoms with E-state index in [1.54, 1.807) is 6.20 Å². The number of nitrogens with one attached hydrogen (secondary N) is 1. The number of imidazole rings is 1. The van der Waals surface area contributed by atoms with Gasteiger partial charge in [0.15, 0.2) is 0 Å². The summed E-state index contributed by atoms with van der Waals surface area (Å²) in [5, 5.41) is 27.9. The quantitative estimate of drug-likeness (QED) is 0.371. The molecule has 0 aliphatic carbocycles. The van der Waals surface area contributed by atoms with Crippen molar-refractivity contribution in [1.82, 2.24) is 14.9 Å². The number of aliphatic hydroxyl groups is 1. The molecule has 0 saturated heterocycles. The first-order chi connectivity index (χ1) is 12.9. The number of aryl methyl sites for hydroxylation is 2. The van der Waals surface area contributed by atoms with E-state index in [-0.39, 0.29) is 0 Å². The molecule has 9 nitrogen and oxygen atoms in total. The molecule has 0 aliphatic heterocycles. The molecule has 0 fully saturated rings. The van der Waals surface area contributed by atoms with Crippen LogP contribution >= 0.6 is 0 Å². The van der Waals surface area contributed by atoms with Crippen LogP contribution in [0.3, 0.4) is 0 Å². The molecule has 1 atom stereocenters. The number of carboxylic acid groups (broad SMARTS) is 2. The molecule has 1 heterocycles. The molecule has 2 rings (SSSR count). The Bertz CT molecular complexity index is 678. The van der Waals surface area contributed by atoms with Crippen molar-refractivity contribution in [1.29, 1.82) is 0 Å². The fourth-order valence-corrected chi connectivity index (χ4v) is 2.03. The molecule has 0 aliphatic rings. The van der Waals surface area contributed by atoms with E-state index >= 15 is 0 Å². The van der Waals surface area contributed by atoms with Crippen LogP contribution in [0.5, 0.6) is 5.75 Å². The maximum absolute atomic E-state index is 9.86. The second-order valence-electron chi connectivity index (χ2n) is 5.75. The highest BCUT2D eigenvalue weighted by molar-refractivity contribution is 6.27.